The zero-order chi connectivity index (χ0) is 22.0. The van der Waals surface area contributed by atoms with Crippen molar-refractivity contribution in [2.24, 2.45) is 11.8 Å². The summed E-state index contributed by atoms with van der Waals surface area (Å²) in [5, 5.41) is 9.23. The fraction of sp³-hybridized carbons (Fsp3) is 0.909. The molecule has 0 atom stereocenters. The Hall–Kier alpha value is -0.486. The van der Waals surface area contributed by atoms with E-state index in [0.29, 0.717) is 12.2 Å². The zero-order valence-corrected chi connectivity index (χ0v) is 21.9. The highest BCUT2D eigenvalue weighted by molar-refractivity contribution is 6.74. The molecule has 2 saturated carbocycles. The number of hydrogen-bond acceptors (Lipinski definition) is 4. The van der Waals surface area contributed by atoms with Gasteiger partial charge in [-0.05, 0) is 61.9 Å². The molecule has 0 aliphatic heterocycles. The van der Waals surface area contributed by atoms with E-state index in [4.69, 9.17) is 14.1 Å². The highest BCUT2D eigenvalue weighted by Gasteiger charge is 2.43. The Balaban J connectivity index is 0.000000280. The van der Waals surface area contributed by atoms with Gasteiger partial charge in [-0.15, -0.1) is 0 Å². The van der Waals surface area contributed by atoms with Crippen LogP contribution in [0.5, 0.6) is 0 Å². The Morgan fingerprint density at radius 2 is 1.18 bits per heavy atom. The van der Waals surface area contributed by atoms with Crippen LogP contribution in [0.4, 0.5) is 0 Å². The maximum Gasteiger partial charge on any atom is 0.192 e. The van der Waals surface area contributed by atoms with E-state index >= 15 is 0 Å². The minimum Gasteiger partial charge on any atom is -0.414 e. The number of hydrogen-bond donors (Lipinski definition) is 0. The van der Waals surface area contributed by atoms with E-state index in [0.717, 1.165) is 32.0 Å². The second kappa shape index (κ2) is 9.12. The standard InChI is InChI=1S/C11H21NOSi.C11H22O2Si/c2*1-11(2,3)14(4,5)13-10-6-9(7-10)8-12/h9-10H,6-7H2,1-5H3;8-10H,6-7H2,1-5H3. The molecular weight excluding hydrogens is 382 g/mol. The predicted molar refractivity (Wildman–Crippen MR) is 121 cm³/mol. The van der Waals surface area contributed by atoms with E-state index in [-0.39, 0.29) is 21.9 Å². The molecule has 0 saturated heterocycles. The minimum absolute atomic E-state index is 0.254. The summed E-state index contributed by atoms with van der Waals surface area (Å²) in [4.78, 5) is 10.5. The van der Waals surface area contributed by atoms with Crippen LogP contribution in [0, 0.1) is 23.2 Å². The summed E-state index contributed by atoms with van der Waals surface area (Å²) in [6.07, 6.45) is 5.55. The van der Waals surface area contributed by atoms with Crippen LogP contribution in [-0.2, 0) is 13.6 Å². The van der Waals surface area contributed by atoms with Crippen molar-refractivity contribution in [1.82, 2.24) is 0 Å². The molecule has 162 valence electrons. The largest absolute Gasteiger partial charge is 0.414 e. The van der Waals surface area contributed by atoms with Crippen molar-refractivity contribution in [2.75, 3.05) is 0 Å². The maximum absolute atomic E-state index is 10.5. The number of carbonyl (C=O) groups excluding carboxylic acids is 1. The third kappa shape index (κ3) is 6.79. The van der Waals surface area contributed by atoms with Crippen molar-refractivity contribution in [3.8, 4) is 6.07 Å². The molecule has 4 nitrogen and oxygen atoms in total. The Morgan fingerprint density at radius 1 is 0.821 bits per heavy atom. The Kier molecular flexibility index (Phi) is 8.32. The molecule has 0 aromatic heterocycles. The topological polar surface area (TPSA) is 59.3 Å². The first-order valence-corrected chi connectivity index (χ1v) is 16.5. The van der Waals surface area contributed by atoms with Gasteiger partial charge in [-0.25, -0.2) is 0 Å². The van der Waals surface area contributed by atoms with Crippen LogP contribution in [0.15, 0.2) is 0 Å². The number of nitrogens with zero attached hydrogens (tertiary/aromatic N) is 1. The van der Waals surface area contributed by atoms with Crippen molar-refractivity contribution in [3.63, 3.8) is 0 Å². The molecule has 2 aliphatic rings. The van der Waals surface area contributed by atoms with Crippen LogP contribution in [0.2, 0.25) is 36.3 Å². The van der Waals surface area contributed by atoms with Crippen molar-refractivity contribution in [1.29, 1.82) is 5.26 Å². The fourth-order valence-corrected chi connectivity index (χ4v) is 5.53. The van der Waals surface area contributed by atoms with Crippen LogP contribution in [0.1, 0.15) is 67.2 Å². The van der Waals surface area contributed by atoms with Gasteiger partial charge >= 0.3 is 0 Å². The smallest absolute Gasteiger partial charge is 0.192 e. The van der Waals surface area contributed by atoms with E-state index in [1.54, 1.807) is 0 Å². The molecule has 2 aliphatic carbocycles. The third-order valence-corrected chi connectivity index (χ3v) is 16.2. The van der Waals surface area contributed by atoms with E-state index in [1.165, 1.54) is 0 Å². The lowest BCUT2D eigenvalue weighted by Crippen LogP contribution is -2.47. The molecule has 6 heteroatoms. The molecule has 0 heterocycles. The SMILES string of the molecule is CC(C)(C)[Si](C)(C)OC1CC(C#N)C1.CC(C)(C)[Si](C)(C)OC1CC(C=O)C1. The first kappa shape index (κ1) is 25.6. The second-order valence-electron chi connectivity index (χ2n) is 11.7. The molecule has 28 heavy (non-hydrogen) atoms. The number of nitriles is 1. The highest BCUT2D eigenvalue weighted by atomic mass is 28.4. The molecule has 2 fully saturated rings. The Morgan fingerprint density at radius 3 is 1.46 bits per heavy atom. The summed E-state index contributed by atoms with van der Waals surface area (Å²) >= 11 is 0. The average molecular weight is 426 g/mol. The molecular formula is C22H43NO3Si2. The van der Waals surface area contributed by atoms with Crippen molar-refractivity contribution in [2.45, 2.75) is 116 Å². The second-order valence-corrected chi connectivity index (χ2v) is 21.2. The van der Waals surface area contributed by atoms with Gasteiger partial charge in [-0.1, -0.05) is 41.5 Å². The van der Waals surface area contributed by atoms with Crippen LogP contribution < -0.4 is 0 Å². The van der Waals surface area contributed by atoms with Gasteiger partial charge in [0.2, 0.25) is 0 Å². The minimum atomic E-state index is -1.60. The lowest BCUT2D eigenvalue weighted by atomic mass is 9.84. The molecule has 0 aromatic carbocycles. The fourth-order valence-electron chi connectivity index (χ4n) is 2.77. The predicted octanol–water partition coefficient (Wildman–Crippen LogP) is 6.30. The summed E-state index contributed by atoms with van der Waals surface area (Å²) in [5.74, 6) is 0.523. The molecule has 0 amide bonds. The Bertz CT molecular complexity index is 558. The molecule has 2 rings (SSSR count). The first-order valence-electron chi connectivity index (χ1n) is 10.7. The van der Waals surface area contributed by atoms with Crippen molar-refractivity contribution >= 4 is 22.9 Å². The van der Waals surface area contributed by atoms with Gasteiger partial charge in [-0.3, -0.25) is 0 Å². The Labute approximate surface area is 175 Å². The number of carbonyl (C=O) groups is 1. The summed E-state index contributed by atoms with van der Waals surface area (Å²) < 4.78 is 12.3. The molecule has 0 unspecified atom stereocenters. The average Bonchev–Trinajstić information content (AvgIpc) is 2.44. The quantitative estimate of drug-likeness (QED) is 0.383. The molecule has 0 bridgehead atoms. The van der Waals surface area contributed by atoms with E-state index < -0.39 is 16.6 Å². The van der Waals surface area contributed by atoms with Gasteiger partial charge in [-0.2, -0.15) is 5.26 Å². The lowest BCUT2D eigenvalue weighted by Gasteiger charge is -2.43. The van der Waals surface area contributed by atoms with Crippen LogP contribution >= 0.6 is 0 Å². The summed E-state index contributed by atoms with van der Waals surface area (Å²) in [7, 11) is -3.19. The van der Waals surface area contributed by atoms with Gasteiger partial charge in [0.05, 0.1) is 12.0 Å². The van der Waals surface area contributed by atoms with Crippen molar-refractivity contribution in [3.05, 3.63) is 0 Å². The maximum atomic E-state index is 10.5. The summed E-state index contributed by atoms with van der Waals surface area (Å²) in [6.45, 7) is 22.6. The monoisotopic (exact) mass is 425 g/mol. The van der Waals surface area contributed by atoms with Crippen LogP contribution in [0.3, 0.4) is 0 Å². The molecule has 0 spiro atoms. The van der Waals surface area contributed by atoms with E-state index in [9.17, 15) is 4.79 Å². The van der Waals surface area contributed by atoms with Gasteiger partial charge in [0.25, 0.3) is 0 Å². The van der Waals surface area contributed by atoms with Gasteiger partial charge in [0, 0.05) is 18.1 Å². The number of aldehydes is 1. The van der Waals surface area contributed by atoms with E-state index in [1.807, 2.05) is 0 Å². The zero-order valence-electron chi connectivity index (χ0n) is 19.9. The van der Waals surface area contributed by atoms with Gasteiger partial charge in [0.1, 0.15) is 6.29 Å². The lowest BCUT2D eigenvalue weighted by molar-refractivity contribution is -0.116. The summed E-state index contributed by atoms with van der Waals surface area (Å²) in [6, 6.07) is 2.29. The normalized spacial score (nSPS) is 28.2. The summed E-state index contributed by atoms with van der Waals surface area (Å²) in [5.41, 5.74) is 0. The van der Waals surface area contributed by atoms with Gasteiger partial charge < -0.3 is 13.6 Å². The van der Waals surface area contributed by atoms with Crippen LogP contribution in [0.25, 0.3) is 0 Å². The third-order valence-electron chi connectivity index (χ3n) is 7.14. The van der Waals surface area contributed by atoms with Crippen LogP contribution in [-0.4, -0.2) is 35.1 Å². The van der Waals surface area contributed by atoms with E-state index in [2.05, 4.69) is 73.8 Å². The molecule has 0 N–H and O–H groups in total. The first-order chi connectivity index (χ1) is 12.5. The highest BCUT2D eigenvalue weighted by Crippen LogP contribution is 2.42. The molecule has 0 aromatic rings. The van der Waals surface area contributed by atoms with Crippen molar-refractivity contribution < 1.29 is 13.6 Å². The van der Waals surface area contributed by atoms with Gasteiger partial charge in [0.15, 0.2) is 16.6 Å². The molecule has 0 radical (unpaired) electrons. The number of rotatable bonds is 5.